The number of anilines is 1. The SMILES string of the molecule is Cc1ccc(NC(=O)[C@@H]2CCCN2)cc1S(=O)(=O)N(C)C.Cl. The minimum Gasteiger partial charge on any atom is -0.325 e. The smallest absolute Gasteiger partial charge is 0.242 e. The van der Waals surface area contributed by atoms with Crippen LogP contribution in [0.1, 0.15) is 18.4 Å². The van der Waals surface area contributed by atoms with E-state index in [0.29, 0.717) is 11.3 Å². The Morgan fingerprint density at radius 2 is 2.05 bits per heavy atom. The number of sulfonamides is 1. The van der Waals surface area contributed by atoms with E-state index in [2.05, 4.69) is 10.6 Å². The number of aryl methyl sites for hydroxylation is 1. The van der Waals surface area contributed by atoms with Crippen molar-refractivity contribution in [3.63, 3.8) is 0 Å². The molecule has 0 aliphatic carbocycles. The highest BCUT2D eigenvalue weighted by atomic mass is 35.5. The second kappa shape index (κ2) is 7.41. The topological polar surface area (TPSA) is 78.5 Å². The number of nitrogens with one attached hydrogen (secondary N) is 2. The fraction of sp³-hybridized carbons (Fsp3) is 0.500. The molecule has 1 heterocycles. The van der Waals surface area contributed by atoms with Gasteiger partial charge in [0.15, 0.2) is 0 Å². The van der Waals surface area contributed by atoms with Crippen molar-refractivity contribution >= 4 is 34.0 Å². The molecule has 0 bridgehead atoms. The van der Waals surface area contributed by atoms with Crippen LogP contribution in [0.3, 0.4) is 0 Å². The molecule has 0 radical (unpaired) electrons. The van der Waals surface area contributed by atoms with Gasteiger partial charge in [-0.3, -0.25) is 4.79 Å². The Kier molecular flexibility index (Phi) is 6.37. The van der Waals surface area contributed by atoms with E-state index in [9.17, 15) is 13.2 Å². The molecule has 1 aliphatic rings. The molecular formula is C14H22ClN3O3S. The molecule has 22 heavy (non-hydrogen) atoms. The summed E-state index contributed by atoms with van der Waals surface area (Å²) >= 11 is 0. The predicted molar refractivity (Wildman–Crippen MR) is 89.0 cm³/mol. The molecule has 0 saturated carbocycles. The Hall–Kier alpha value is -1.15. The molecule has 1 atom stereocenters. The standard InChI is InChI=1S/C14H21N3O3S.ClH/c1-10-6-7-11(9-13(10)21(19,20)17(2)3)16-14(18)12-5-4-8-15-12;/h6-7,9,12,15H,4-5,8H2,1-3H3,(H,16,18);1H/t12-;/m0./s1. The molecule has 124 valence electrons. The van der Waals surface area contributed by atoms with E-state index in [0.717, 1.165) is 19.4 Å². The Morgan fingerprint density at radius 3 is 2.59 bits per heavy atom. The zero-order valence-electron chi connectivity index (χ0n) is 12.9. The van der Waals surface area contributed by atoms with E-state index in [1.807, 2.05) is 0 Å². The van der Waals surface area contributed by atoms with Gasteiger partial charge in [0, 0.05) is 19.8 Å². The molecule has 1 fully saturated rings. The van der Waals surface area contributed by atoms with Gasteiger partial charge >= 0.3 is 0 Å². The van der Waals surface area contributed by atoms with E-state index in [-0.39, 0.29) is 29.3 Å². The van der Waals surface area contributed by atoms with E-state index >= 15 is 0 Å². The normalized spacial score (nSPS) is 18.1. The van der Waals surface area contributed by atoms with Gasteiger partial charge in [-0.05, 0) is 44.0 Å². The number of carbonyl (C=O) groups is 1. The van der Waals surface area contributed by atoms with Crippen molar-refractivity contribution in [2.75, 3.05) is 26.0 Å². The quantitative estimate of drug-likeness (QED) is 0.862. The molecule has 8 heteroatoms. The zero-order chi connectivity index (χ0) is 15.6. The number of hydrogen-bond acceptors (Lipinski definition) is 4. The summed E-state index contributed by atoms with van der Waals surface area (Å²) in [5, 5.41) is 5.89. The minimum absolute atomic E-state index is 0. The molecule has 0 aromatic heterocycles. The number of amides is 1. The van der Waals surface area contributed by atoms with Crippen molar-refractivity contribution in [3.05, 3.63) is 23.8 Å². The monoisotopic (exact) mass is 347 g/mol. The summed E-state index contributed by atoms with van der Waals surface area (Å²) in [6, 6.07) is 4.74. The van der Waals surface area contributed by atoms with Crippen LogP contribution in [0.5, 0.6) is 0 Å². The number of halogens is 1. The van der Waals surface area contributed by atoms with Gasteiger partial charge in [0.2, 0.25) is 15.9 Å². The van der Waals surface area contributed by atoms with Crippen molar-refractivity contribution in [1.82, 2.24) is 9.62 Å². The fourth-order valence-electron chi connectivity index (χ4n) is 2.29. The van der Waals surface area contributed by atoms with Gasteiger partial charge in [0.25, 0.3) is 0 Å². The molecule has 2 N–H and O–H groups in total. The van der Waals surface area contributed by atoms with Crippen molar-refractivity contribution < 1.29 is 13.2 Å². The molecule has 1 saturated heterocycles. The van der Waals surface area contributed by atoms with E-state index in [1.165, 1.54) is 24.5 Å². The van der Waals surface area contributed by atoms with Gasteiger partial charge in [-0.1, -0.05) is 6.07 Å². The molecule has 6 nitrogen and oxygen atoms in total. The fourth-order valence-corrected chi connectivity index (χ4v) is 3.43. The van der Waals surface area contributed by atoms with Crippen molar-refractivity contribution in [1.29, 1.82) is 0 Å². The molecular weight excluding hydrogens is 326 g/mol. The first-order chi connectivity index (χ1) is 9.82. The van der Waals surface area contributed by atoms with Crippen LogP contribution in [0.2, 0.25) is 0 Å². The van der Waals surface area contributed by atoms with Gasteiger partial charge in [-0.2, -0.15) is 0 Å². The summed E-state index contributed by atoms with van der Waals surface area (Å²) in [6.07, 6.45) is 1.78. The molecule has 1 aliphatic heterocycles. The maximum absolute atomic E-state index is 12.2. The summed E-state index contributed by atoms with van der Waals surface area (Å²) in [4.78, 5) is 12.3. The van der Waals surface area contributed by atoms with Crippen molar-refractivity contribution in [2.45, 2.75) is 30.7 Å². The van der Waals surface area contributed by atoms with Crippen molar-refractivity contribution in [2.24, 2.45) is 0 Å². The lowest BCUT2D eigenvalue weighted by atomic mass is 10.2. The van der Waals surface area contributed by atoms with Crippen LogP contribution >= 0.6 is 12.4 Å². The third-order valence-electron chi connectivity index (χ3n) is 3.59. The highest BCUT2D eigenvalue weighted by Gasteiger charge is 2.23. The third kappa shape index (κ3) is 3.98. The lowest BCUT2D eigenvalue weighted by Crippen LogP contribution is -2.35. The van der Waals surface area contributed by atoms with E-state index < -0.39 is 10.0 Å². The number of rotatable bonds is 4. The van der Waals surface area contributed by atoms with Crippen LogP contribution in [-0.4, -0.2) is 45.3 Å². The molecule has 0 unspecified atom stereocenters. The Labute approximate surface area is 137 Å². The van der Waals surface area contributed by atoms with Gasteiger partial charge in [-0.25, -0.2) is 12.7 Å². The maximum atomic E-state index is 12.2. The highest BCUT2D eigenvalue weighted by Crippen LogP contribution is 2.22. The second-order valence-electron chi connectivity index (χ2n) is 5.41. The lowest BCUT2D eigenvalue weighted by Gasteiger charge is -2.16. The van der Waals surface area contributed by atoms with Gasteiger partial charge in [0.1, 0.15) is 0 Å². The summed E-state index contributed by atoms with van der Waals surface area (Å²) in [5.74, 6) is -0.121. The first kappa shape index (κ1) is 18.9. The van der Waals surface area contributed by atoms with Gasteiger partial charge < -0.3 is 10.6 Å². The highest BCUT2D eigenvalue weighted by molar-refractivity contribution is 7.89. The van der Waals surface area contributed by atoms with Crippen LogP contribution in [-0.2, 0) is 14.8 Å². The predicted octanol–water partition coefficient (Wildman–Crippen LogP) is 1.36. The summed E-state index contributed by atoms with van der Waals surface area (Å²) in [7, 11) is -0.541. The first-order valence-electron chi connectivity index (χ1n) is 6.90. The Bertz CT molecular complexity index is 641. The van der Waals surface area contributed by atoms with Crippen LogP contribution in [0.4, 0.5) is 5.69 Å². The summed E-state index contributed by atoms with van der Waals surface area (Å²) in [5.41, 5.74) is 1.15. The molecule has 1 amide bonds. The van der Waals surface area contributed by atoms with Crippen molar-refractivity contribution in [3.8, 4) is 0 Å². The Morgan fingerprint density at radius 1 is 1.36 bits per heavy atom. The second-order valence-corrected chi connectivity index (χ2v) is 7.53. The van der Waals surface area contributed by atoms with E-state index in [1.54, 1.807) is 19.1 Å². The molecule has 0 spiro atoms. The molecule has 1 aromatic rings. The lowest BCUT2D eigenvalue weighted by molar-refractivity contribution is -0.117. The summed E-state index contributed by atoms with van der Waals surface area (Å²) in [6.45, 7) is 2.58. The largest absolute Gasteiger partial charge is 0.325 e. The number of carbonyl (C=O) groups excluding carboxylic acids is 1. The summed E-state index contributed by atoms with van der Waals surface area (Å²) < 4.78 is 25.7. The average molecular weight is 348 g/mol. The number of hydrogen-bond donors (Lipinski definition) is 2. The zero-order valence-corrected chi connectivity index (χ0v) is 14.6. The molecule has 2 rings (SSSR count). The van der Waals surface area contributed by atoms with Crippen LogP contribution in [0.25, 0.3) is 0 Å². The number of nitrogens with zero attached hydrogens (tertiary/aromatic N) is 1. The third-order valence-corrected chi connectivity index (χ3v) is 5.55. The maximum Gasteiger partial charge on any atom is 0.242 e. The first-order valence-corrected chi connectivity index (χ1v) is 8.34. The minimum atomic E-state index is -3.52. The van der Waals surface area contributed by atoms with Crippen LogP contribution in [0.15, 0.2) is 23.1 Å². The van der Waals surface area contributed by atoms with Crippen LogP contribution < -0.4 is 10.6 Å². The van der Waals surface area contributed by atoms with E-state index in [4.69, 9.17) is 0 Å². The Balaban J connectivity index is 0.00000242. The molecule has 1 aromatic carbocycles. The average Bonchev–Trinajstić information content (AvgIpc) is 2.94. The number of benzene rings is 1. The van der Waals surface area contributed by atoms with Crippen LogP contribution in [0, 0.1) is 6.92 Å². The van der Waals surface area contributed by atoms with Gasteiger partial charge in [0.05, 0.1) is 10.9 Å². The van der Waals surface area contributed by atoms with Gasteiger partial charge in [-0.15, -0.1) is 12.4 Å².